The number of benzene rings is 1. The maximum absolute atomic E-state index is 13.4. The van der Waals surface area contributed by atoms with Crippen LogP contribution in [0, 0.1) is 0 Å². The smallest absolute Gasteiger partial charge is 0.248 e. The van der Waals surface area contributed by atoms with Gasteiger partial charge in [-0.3, -0.25) is 0 Å². The summed E-state index contributed by atoms with van der Waals surface area (Å²) in [5.41, 5.74) is 0.870. The number of fused-ring (bicyclic) bond motifs is 1. The summed E-state index contributed by atoms with van der Waals surface area (Å²) in [5, 5.41) is 17.9. The lowest BCUT2D eigenvalue weighted by molar-refractivity contribution is -0.0136. The molecule has 0 spiro atoms. The maximum atomic E-state index is 13.4. The highest BCUT2D eigenvalue weighted by Gasteiger charge is 2.52. The van der Waals surface area contributed by atoms with E-state index in [1.165, 1.54) is 0 Å². The highest BCUT2D eigenvalue weighted by molar-refractivity contribution is 6.32. The highest BCUT2D eigenvalue weighted by Crippen LogP contribution is 2.52. The van der Waals surface area contributed by atoms with Crippen molar-refractivity contribution in [3.05, 3.63) is 41.2 Å². The van der Waals surface area contributed by atoms with Crippen LogP contribution in [-0.2, 0) is 10.2 Å². The number of halogens is 3. The van der Waals surface area contributed by atoms with E-state index in [4.69, 9.17) is 16.3 Å². The Hall–Kier alpha value is -2.36. The van der Waals surface area contributed by atoms with Crippen LogP contribution in [0.1, 0.15) is 24.8 Å². The number of alkyl halides is 2. The average molecular weight is 436 g/mol. The average Bonchev–Trinajstić information content (AvgIpc) is 3.50. The van der Waals surface area contributed by atoms with Crippen LogP contribution in [-0.4, -0.2) is 56.5 Å². The molecule has 1 saturated carbocycles. The van der Waals surface area contributed by atoms with Crippen molar-refractivity contribution in [1.82, 2.24) is 19.6 Å². The van der Waals surface area contributed by atoms with E-state index in [1.807, 2.05) is 0 Å². The number of aliphatic hydroxyl groups excluding tert-OH is 1. The van der Waals surface area contributed by atoms with Gasteiger partial charge in [-0.25, -0.2) is 23.3 Å². The van der Waals surface area contributed by atoms with E-state index in [9.17, 15) is 13.9 Å². The van der Waals surface area contributed by atoms with Gasteiger partial charge >= 0.3 is 0 Å². The number of aliphatic hydroxyl groups is 1. The molecule has 1 aliphatic carbocycles. The summed E-state index contributed by atoms with van der Waals surface area (Å²) in [6.45, 7) is 0.806. The van der Waals surface area contributed by atoms with E-state index in [0.29, 0.717) is 54.3 Å². The fourth-order valence-corrected chi connectivity index (χ4v) is 4.09. The third kappa shape index (κ3) is 3.30. The Kier molecular flexibility index (Phi) is 4.83. The van der Waals surface area contributed by atoms with Gasteiger partial charge in [0.25, 0.3) is 0 Å². The number of anilines is 1. The molecule has 2 aromatic heterocycles. The van der Waals surface area contributed by atoms with Crippen LogP contribution in [0.3, 0.4) is 0 Å². The second kappa shape index (κ2) is 7.40. The van der Waals surface area contributed by atoms with Gasteiger partial charge in [-0.05, 0) is 24.8 Å². The number of aromatic nitrogens is 4. The molecule has 2 fully saturated rings. The molecular formula is C20H20ClF2N5O2. The fraction of sp³-hybridized carbons (Fsp3) is 0.450. The summed E-state index contributed by atoms with van der Waals surface area (Å²) in [5.74, 6) is 0.816. The zero-order valence-corrected chi connectivity index (χ0v) is 16.7. The van der Waals surface area contributed by atoms with E-state index in [1.54, 1.807) is 35.0 Å². The number of hydrogen-bond donors (Lipinski definition) is 2. The molecule has 3 heterocycles. The molecule has 1 aliphatic heterocycles. The monoisotopic (exact) mass is 435 g/mol. The first-order valence-electron chi connectivity index (χ1n) is 9.81. The molecule has 2 N–H and O–H groups in total. The molecule has 30 heavy (non-hydrogen) atoms. The van der Waals surface area contributed by atoms with Crippen molar-refractivity contribution in [2.75, 3.05) is 18.5 Å². The van der Waals surface area contributed by atoms with Crippen molar-refractivity contribution < 1.29 is 18.6 Å². The topological polar surface area (TPSA) is 84.6 Å². The minimum absolute atomic E-state index is 0.220. The summed E-state index contributed by atoms with van der Waals surface area (Å²) >= 11 is 6.26. The molecule has 158 valence electrons. The van der Waals surface area contributed by atoms with Crippen LogP contribution < -0.4 is 5.32 Å². The zero-order valence-electron chi connectivity index (χ0n) is 15.9. The van der Waals surface area contributed by atoms with E-state index >= 15 is 0 Å². The summed E-state index contributed by atoms with van der Waals surface area (Å²) < 4.78 is 33.6. The SMILES string of the molecule is OC1COCCC1Nc1ncc2c(Cl)nc(-c3ccc(C4(C(F)F)CC4)cc3)n2n1. The van der Waals surface area contributed by atoms with Gasteiger partial charge in [0.1, 0.15) is 5.52 Å². The molecule has 0 bridgehead atoms. The molecule has 5 rings (SSSR count). The minimum atomic E-state index is -2.37. The molecule has 1 aromatic carbocycles. The minimum Gasteiger partial charge on any atom is -0.389 e. The standard InChI is InChI=1S/C20H20ClF2N5O2/c21-16-14-9-24-19(25-13-5-8-30-10-15(13)29)27-28(14)17(26-16)11-1-3-12(4-2-11)20(6-7-20)18(22)23/h1-4,9,13,15,18,29H,5-8,10H2,(H,25,27). The molecule has 2 aliphatic rings. The third-order valence-corrected chi connectivity index (χ3v) is 6.19. The van der Waals surface area contributed by atoms with E-state index in [-0.39, 0.29) is 17.8 Å². The molecule has 0 radical (unpaired) electrons. The highest BCUT2D eigenvalue weighted by atomic mass is 35.5. The predicted octanol–water partition coefficient (Wildman–Crippen LogP) is 3.30. The molecule has 10 heteroatoms. The number of nitrogens with one attached hydrogen (secondary N) is 1. The lowest BCUT2D eigenvalue weighted by atomic mass is 9.95. The molecular weight excluding hydrogens is 416 g/mol. The van der Waals surface area contributed by atoms with Crippen molar-refractivity contribution in [1.29, 1.82) is 0 Å². The first-order valence-corrected chi connectivity index (χ1v) is 10.2. The van der Waals surface area contributed by atoms with Crippen LogP contribution in [0.15, 0.2) is 30.5 Å². The Morgan fingerprint density at radius 3 is 2.70 bits per heavy atom. The lowest BCUT2D eigenvalue weighted by Crippen LogP contribution is -2.42. The normalized spacial score (nSPS) is 23.1. The van der Waals surface area contributed by atoms with E-state index in [0.717, 1.165) is 0 Å². The number of nitrogens with zero attached hydrogens (tertiary/aromatic N) is 4. The maximum Gasteiger partial charge on any atom is 0.248 e. The second-order valence-electron chi connectivity index (χ2n) is 7.82. The molecule has 1 saturated heterocycles. The van der Waals surface area contributed by atoms with Crippen molar-refractivity contribution >= 4 is 23.1 Å². The van der Waals surface area contributed by atoms with Gasteiger partial charge in [0, 0.05) is 12.2 Å². The Bertz CT molecular complexity index is 1070. The number of rotatable bonds is 5. The fourth-order valence-electron chi connectivity index (χ4n) is 3.88. The third-order valence-electron chi connectivity index (χ3n) is 5.91. The van der Waals surface area contributed by atoms with E-state index in [2.05, 4.69) is 20.4 Å². The van der Waals surface area contributed by atoms with Crippen LogP contribution in [0.5, 0.6) is 0 Å². The zero-order chi connectivity index (χ0) is 20.9. The van der Waals surface area contributed by atoms with Crippen LogP contribution >= 0.6 is 11.6 Å². The molecule has 2 unspecified atom stereocenters. The van der Waals surface area contributed by atoms with Gasteiger partial charge in [-0.1, -0.05) is 35.9 Å². The molecule has 3 aromatic rings. The number of hydrogen-bond acceptors (Lipinski definition) is 6. The Balaban J connectivity index is 1.47. The Morgan fingerprint density at radius 2 is 2.03 bits per heavy atom. The quantitative estimate of drug-likeness (QED) is 0.639. The van der Waals surface area contributed by atoms with Gasteiger partial charge in [0.2, 0.25) is 12.4 Å². The summed E-state index contributed by atoms with van der Waals surface area (Å²) in [4.78, 5) is 8.66. The Labute approximate surface area is 176 Å². The second-order valence-corrected chi connectivity index (χ2v) is 8.18. The van der Waals surface area contributed by atoms with Crippen molar-refractivity contribution in [3.63, 3.8) is 0 Å². The molecule has 7 nitrogen and oxygen atoms in total. The van der Waals surface area contributed by atoms with Crippen molar-refractivity contribution in [3.8, 4) is 11.4 Å². The summed E-state index contributed by atoms with van der Waals surface area (Å²) in [6, 6.07) is 6.76. The van der Waals surface area contributed by atoms with Gasteiger partial charge in [0.15, 0.2) is 11.0 Å². The van der Waals surface area contributed by atoms with Gasteiger partial charge < -0.3 is 15.2 Å². The summed E-state index contributed by atoms with van der Waals surface area (Å²) in [6.07, 6.45) is 0.177. The van der Waals surface area contributed by atoms with Crippen molar-refractivity contribution in [2.45, 2.75) is 43.2 Å². The number of ether oxygens (including phenoxy) is 1. The van der Waals surface area contributed by atoms with Gasteiger partial charge in [0.05, 0.1) is 30.4 Å². The summed E-state index contributed by atoms with van der Waals surface area (Å²) in [7, 11) is 0. The van der Waals surface area contributed by atoms with Crippen LogP contribution in [0.25, 0.3) is 16.9 Å². The lowest BCUT2D eigenvalue weighted by Gasteiger charge is -2.28. The van der Waals surface area contributed by atoms with Crippen molar-refractivity contribution in [2.24, 2.45) is 0 Å². The first-order chi connectivity index (χ1) is 14.5. The Morgan fingerprint density at radius 1 is 1.27 bits per heavy atom. The molecule has 2 atom stereocenters. The first kappa shape index (κ1) is 19.6. The molecule has 0 amide bonds. The largest absolute Gasteiger partial charge is 0.389 e. The van der Waals surface area contributed by atoms with Gasteiger partial charge in [-0.2, -0.15) is 0 Å². The van der Waals surface area contributed by atoms with Crippen LogP contribution in [0.2, 0.25) is 5.15 Å². The predicted molar refractivity (Wildman–Crippen MR) is 107 cm³/mol. The number of imidazole rings is 1. The van der Waals surface area contributed by atoms with Crippen LogP contribution in [0.4, 0.5) is 14.7 Å². The van der Waals surface area contributed by atoms with E-state index < -0.39 is 17.9 Å². The van der Waals surface area contributed by atoms with Gasteiger partial charge in [-0.15, -0.1) is 5.10 Å².